The number of ether oxygens (including phenoxy) is 2. The smallest absolute Gasteiger partial charge is 0.337 e. The number of dihydropyridines is 1. The Balaban J connectivity index is 2.24. The third-order valence-corrected chi connectivity index (χ3v) is 4.47. The van der Waals surface area contributed by atoms with Crippen LogP contribution in [-0.2, 0) is 19.1 Å². The van der Waals surface area contributed by atoms with Gasteiger partial charge >= 0.3 is 11.9 Å². The lowest BCUT2D eigenvalue weighted by molar-refractivity contribution is -0.139. The first-order chi connectivity index (χ1) is 11.0. The van der Waals surface area contributed by atoms with E-state index in [1.54, 1.807) is 32.0 Å². The lowest BCUT2D eigenvalue weighted by Crippen LogP contribution is -2.31. The molecule has 0 saturated heterocycles. The van der Waals surface area contributed by atoms with E-state index in [0.29, 0.717) is 33.1 Å². The highest BCUT2D eigenvalue weighted by Gasteiger charge is 2.44. The highest BCUT2D eigenvalue weighted by molar-refractivity contribution is 6.31. The van der Waals surface area contributed by atoms with Crippen LogP contribution in [-0.4, -0.2) is 25.2 Å². The maximum absolute atomic E-state index is 12.3. The second kappa shape index (κ2) is 5.74. The zero-order valence-electron chi connectivity index (χ0n) is 13.0. The molecule has 0 fully saturated rings. The zero-order chi connectivity index (χ0) is 16.7. The number of halogens is 1. The largest absolute Gasteiger partial charge is 0.466 e. The summed E-state index contributed by atoms with van der Waals surface area (Å²) in [6.07, 6.45) is -0.392. The van der Waals surface area contributed by atoms with Crippen molar-refractivity contribution < 1.29 is 19.1 Å². The van der Waals surface area contributed by atoms with Crippen molar-refractivity contribution >= 4 is 23.5 Å². The minimum absolute atomic E-state index is 0.366. The number of hydrogen-bond acceptors (Lipinski definition) is 5. The molecule has 5 nitrogen and oxygen atoms in total. The number of rotatable bonds is 2. The van der Waals surface area contributed by atoms with Crippen molar-refractivity contribution in [3.8, 4) is 0 Å². The summed E-state index contributed by atoms with van der Waals surface area (Å²) in [5.41, 5.74) is 2.76. The van der Waals surface area contributed by atoms with E-state index in [0.717, 1.165) is 0 Å². The monoisotopic (exact) mass is 333 g/mol. The van der Waals surface area contributed by atoms with Gasteiger partial charge in [0.05, 0.1) is 29.9 Å². The van der Waals surface area contributed by atoms with Crippen molar-refractivity contribution in [1.29, 1.82) is 0 Å². The van der Waals surface area contributed by atoms with Gasteiger partial charge in [-0.15, -0.1) is 0 Å². The molecular weight excluding hydrogens is 318 g/mol. The Kier molecular flexibility index (Phi) is 3.90. The van der Waals surface area contributed by atoms with Gasteiger partial charge in [-0.05, 0) is 25.5 Å². The summed E-state index contributed by atoms with van der Waals surface area (Å²) < 4.78 is 10.2. The molecule has 3 rings (SSSR count). The van der Waals surface area contributed by atoms with E-state index in [2.05, 4.69) is 5.32 Å². The molecule has 1 aromatic carbocycles. The molecule has 0 saturated carbocycles. The lowest BCUT2D eigenvalue weighted by Gasteiger charge is -2.28. The first-order valence-electron chi connectivity index (χ1n) is 7.21. The Morgan fingerprint density at radius 3 is 2.70 bits per heavy atom. The third kappa shape index (κ3) is 2.41. The number of allylic oxidation sites excluding steroid dienone is 1. The number of methoxy groups -OCH3 is 1. The van der Waals surface area contributed by atoms with Gasteiger partial charge in [0.1, 0.15) is 6.10 Å². The van der Waals surface area contributed by atoms with Crippen molar-refractivity contribution in [2.75, 3.05) is 7.11 Å². The van der Waals surface area contributed by atoms with Crippen LogP contribution in [0.3, 0.4) is 0 Å². The Morgan fingerprint density at radius 2 is 2.04 bits per heavy atom. The number of hydrogen-bond donors (Lipinski definition) is 1. The van der Waals surface area contributed by atoms with Crippen molar-refractivity contribution in [1.82, 2.24) is 5.32 Å². The Morgan fingerprint density at radius 1 is 1.35 bits per heavy atom. The second-order valence-corrected chi connectivity index (χ2v) is 5.89. The number of nitrogens with one attached hydrogen (secondary N) is 1. The quantitative estimate of drug-likeness (QED) is 0.843. The Hall–Kier alpha value is -2.27. The number of carbonyl (C=O) groups is 2. The highest BCUT2D eigenvalue weighted by atomic mass is 35.5. The second-order valence-electron chi connectivity index (χ2n) is 5.48. The highest BCUT2D eigenvalue weighted by Crippen LogP contribution is 2.44. The predicted molar refractivity (Wildman–Crippen MR) is 84.6 cm³/mol. The fraction of sp³-hybridized carbons (Fsp3) is 0.294. The maximum atomic E-state index is 12.3. The van der Waals surface area contributed by atoms with E-state index in [1.807, 2.05) is 6.07 Å². The van der Waals surface area contributed by atoms with Crippen LogP contribution in [0, 0.1) is 0 Å². The third-order valence-electron chi connectivity index (χ3n) is 4.13. The van der Waals surface area contributed by atoms with Crippen molar-refractivity contribution in [2.24, 2.45) is 0 Å². The number of esters is 2. The van der Waals surface area contributed by atoms with Crippen LogP contribution in [0.1, 0.15) is 25.3 Å². The van der Waals surface area contributed by atoms with Crippen LogP contribution >= 0.6 is 11.6 Å². The number of benzene rings is 1. The summed E-state index contributed by atoms with van der Waals surface area (Å²) in [7, 11) is 1.31. The van der Waals surface area contributed by atoms with E-state index in [-0.39, 0.29) is 0 Å². The normalized spacial score (nSPS) is 23.4. The average molecular weight is 334 g/mol. The molecule has 2 aliphatic rings. The first kappa shape index (κ1) is 15.6. The number of carbonyl (C=O) groups excluding carboxylic acids is 2. The molecule has 2 aliphatic heterocycles. The van der Waals surface area contributed by atoms with Gasteiger partial charge < -0.3 is 14.8 Å². The van der Waals surface area contributed by atoms with E-state index < -0.39 is 24.0 Å². The standard InChI is InChI=1S/C17H16ClNO4/c1-8-12(16(20)22-3)13(10-6-4-5-7-11(10)18)14-15(19-8)9(2)23-17(14)21/h4-7,9,13,19H,1-3H3. The van der Waals surface area contributed by atoms with Crippen LogP contribution in [0.4, 0.5) is 0 Å². The summed E-state index contributed by atoms with van der Waals surface area (Å²) in [6.45, 7) is 3.56. The topological polar surface area (TPSA) is 64.6 Å². The molecule has 0 amide bonds. The molecule has 6 heteroatoms. The van der Waals surface area contributed by atoms with E-state index in [4.69, 9.17) is 21.1 Å². The van der Waals surface area contributed by atoms with Gasteiger partial charge in [0, 0.05) is 10.7 Å². The molecule has 2 unspecified atom stereocenters. The van der Waals surface area contributed by atoms with Gasteiger partial charge in [-0.3, -0.25) is 0 Å². The Labute approximate surface area is 138 Å². The minimum Gasteiger partial charge on any atom is -0.466 e. The van der Waals surface area contributed by atoms with Crippen LogP contribution < -0.4 is 5.32 Å². The van der Waals surface area contributed by atoms with Crippen LogP contribution in [0.25, 0.3) is 0 Å². The fourth-order valence-electron chi connectivity index (χ4n) is 3.09. The molecule has 2 atom stereocenters. The first-order valence-corrected chi connectivity index (χ1v) is 7.59. The van der Waals surface area contributed by atoms with Gasteiger partial charge in [0.25, 0.3) is 0 Å². The molecule has 0 spiro atoms. The molecule has 2 heterocycles. The summed E-state index contributed by atoms with van der Waals surface area (Å²) >= 11 is 6.32. The minimum atomic E-state index is -0.607. The molecule has 1 N–H and O–H groups in total. The van der Waals surface area contributed by atoms with E-state index >= 15 is 0 Å². The molecule has 120 valence electrons. The van der Waals surface area contributed by atoms with Gasteiger partial charge in [0.15, 0.2) is 0 Å². The molecular formula is C17H16ClNO4. The molecule has 0 radical (unpaired) electrons. The van der Waals surface area contributed by atoms with Gasteiger partial charge in [0.2, 0.25) is 0 Å². The van der Waals surface area contributed by atoms with Gasteiger partial charge in [-0.2, -0.15) is 0 Å². The SMILES string of the molecule is COC(=O)C1=C(C)NC2=C(C(=O)OC2C)C1c1ccccc1Cl. The van der Waals surface area contributed by atoms with Crippen LogP contribution in [0.15, 0.2) is 46.8 Å². The molecule has 0 aromatic heterocycles. The van der Waals surface area contributed by atoms with Gasteiger partial charge in [-0.1, -0.05) is 29.8 Å². The molecule has 23 heavy (non-hydrogen) atoms. The number of cyclic esters (lactones) is 1. The summed E-state index contributed by atoms with van der Waals surface area (Å²) in [5.74, 6) is -1.55. The zero-order valence-corrected chi connectivity index (χ0v) is 13.7. The summed E-state index contributed by atoms with van der Waals surface area (Å²) in [5, 5.41) is 3.59. The predicted octanol–water partition coefficient (Wildman–Crippen LogP) is 2.67. The van der Waals surface area contributed by atoms with Crippen molar-refractivity contribution in [2.45, 2.75) is 25.9 Å². The summed E-state index contributed by atoms with van der Waals surface area (Å²) in [4.78, 5) is 24.7. The maximum Gasteiger partial charge on any atom is 0.337 e. The molecule has 0 bridgehead atoms. The summed E-state index contributed by atoms with van der Waals surface area (Å²) in [6, 6.07) is 7.14. The molecule has 0 aliphatic carbocycles. The average Bonchev–Trinajstić information content (AvgIpc) is 2.80. The van der Waals surface area contributed by atoms with E-state index in [9.17, 15) is 9.59 Å². The molecule has 1 aromatic rings. The van der Waals surface area contributed by atoms with Crippen LogP contribution in [0.2, 0.25) is 5.02 Å². The Bertz CT molecular complexity index is 766. The van der Waals surface area contributed by atoms with Gasteiger partial charge in [-0.25, -0.2) is 9.59 Å². The van der Waals surface area contributed by atoms with Crippen molar-refractivity contribution in [3.63, 3.8) is 0 Å². The van der Waals surface area contributed by atoms with Crippen LogP contribution in [0.5, 0.6) is 0 Å². The van der Waals surface area contributed by atoms with E-state index in [1.165, 1.54) is 7.11 Å². The fourth-order valence-corrected chi connectivity index (χ4v) is 3.33. The van der Waals surface area contributed by atoms with Crippen molar-refractivity contribution in [3.05, 3.63) is 57.4 Å². The lowest BCUT2D eigenvalue weighted by atomic mass is 9.80.